The maximum Gasteiger partial charge on any atom is 0.224 e. The normalized spacial score (nSPS) is 53.2. The SMILES string of the molecule is OC[C@@H]1O[C@H](OC[C@H]2O[C@H](OC[C@@H]3O[C@H](OC[C@@H]4O[C@H](OC[C@@H]5O[C@H](O[C@]6(CO)O[C@H](CO)[C@@H](O)[C@H]6O)[C@H](O)[C@@H](O)[C@@H]5O)[C@@H](O)[C@@H](O)[C@H]4O)[C@H](O)[C@@H](O)[C@H]3O)[C@@H](O)[C@@H](O)[C@H]2O)[C@H](O)[C@@H](O)[C@H]1O. The lowest BCUT2D eigenvalue weighted by atomic mass is 9.97. The Morgan fingerprint density at radius 2 is 0.567 bits per heavy atom. The van der Waals surface area contributed by atoms with Crippen LogP contribution in [0.2, 0.25) is 0 Å². The predicted molar refractivity (Wildman–Crippen MR) is 199 cm³/mol. The second-order valence-electron chi connectivity index (χ2n) is 17.0. The minimum Gasteiger partial charge on any atom is -0.394 e. The van der Waals surface area contributed by atoms with Gasteiger partial charge in [0, 0.05) is 0 Å². The molecule has 0 amide bonds. The van der Waals surface area contributed by atoms with Crippen molar-refractivity contribution in [2.45, 2.75) is 178 Å². The van der Waals surface area contributed by atoms with Gasteiger partial charge in [0.25, 0.3) is 0 Å². The van der Waals surface area contributed by atoms with Crippen LogP contribution < -0.4 is 0 Å². The quantitative estimate of drug-likeness (QED) is 0.0643. The van der Waals surface area contributed by atoms with E-state index >= 15 is 0 Å². The van der Waals surface area contributed by atoms with Crippen molar-refractivity contribution in [3.63, 3.8) is 0 Å². The van der Waals surface area contributed by atoms with Crippen molar-refractivity contribution in [3.8, 4) is 0 Å². The molecule has 6 rings (SSSR count). The Bertz CT molecular complexity index is 1520. The Balaban J connectivity index is 1.03. The first-order valence-electron chi connectivity index (χ1n) is 21.1. The van der Waals surface area contributed by atoms with Crippen molar-refractivity contribution in [2.75, 3.05) is 46.2 Å². The molecule has 6 aliphatic rings. The number of aliphatic hydroxyl groups is 20. The molecule has 6 saturated heterocycles. The summed E-state index contributed by atoms with van der Waals surface area (Å²) in [5, 5.41) is 207. The Labute approximate surface area is 378 Å². The fourth-order valence-corrected chi connectivity index (χ4v) is 8.16. The van der Waals surface area contributed by atoms with Crippen LogP contribution in [-0.2, 0) is 52.1 Å². The second-order valence-corrected chi connectivity index (χ2v) is 17.0. The fraction of sp³-hybridized carbons (Fsp3) is 1.00. The largest absolute Gasteiger partial charge is 0.394 e. The van der Waals surface area contributed by atoms with Gasteiger partial charge in [0.15, 0.2) is 31.5 Å². The van der Waals surface area contributed by atoms with Crippen LogP contribution in [-0.4, -0.2) is 326 Å². The Kier molecular flexibility index (Phi) is 19.0. The van der Waals surface area contributed by atoms with Gasteiger partial charge in [-0.25, -0.2) is 0 Å². The first-order valence-corrected chi connectivity index (χ1v) is 21.1. The number of rotatable bonds is 17. The van der Waals surface area contributed by atoms with E-state index < -0.39 is 224 Å². The topological polar surface area (TPSA) is 506 Å². The molecule has 0 saturated carbocycles. The van der Waals surface area contributed by atoms with Gasteiger partial charge in [-0.15, -0.1) is 0 Å². The lowest BCUT2D eigenvalue weighted by Gasteiger charge is -2.45. The highest BCUT2D eigenvalue weighted by Gasteiger charge is 2.59. The van der Waals surface area contributed by atoms with E-state index in [4.69, 9.17) is 52.1 Å². The minimum atomic E-state index is -2.50. The molecule has 20 N–H and O–H groups in total. The molecule has 0 aromatic carbocycles. The molecule has 0 unspecified atom stereocenters. The van der Waals surface area contributed by atoms with Gasteiger partial charge in [0.1, 0.15) is 147 Å². The molecule has 0 spiro atoms. The molecule has 31 heteroatoms. The van der Waals surface area contributed by atoms with E-state index in [1.165, 1.54) is 0 Å². The molecular formula is C36H62O31. The maximum atomic E-state index is 10.7. The third-order valence-corrected chi connectivity index (χ3v) is 12.4. The molecule has 6 fully saturated rings. The first-order chi connectivity index (χ1) is 31.6. The Morgan fingerprint density at radius 1 is 0.299 bits per heavy atom. The zero-order valence-electron chi connectivity index (χ0n) is 35.1. The molecular weight excluding hydrogens is 928 g/mol. The van der Waals surface area contributed by atoms with Gasteiger partial charge < -0.3 is 154 Å². The van der Waals surface area contributed by atoms with Crippen molar-refractivity contribution in [2.24, 2.45) is 0 Å². The summed E-state index contributed by atoms with van der Waals surface area (Å²) >= 11 is 0. The minimum absolute atomic E-state index is 0.699. The van der Waals surface area contributed by atoms with Gasteiger partial charge in [0.2, 0.25) is 5.79 Å². The van der Waals surface area contributed by atoms with E-state index in [1.807, 2.05) is 0 Å². The van der Waals surface area contributed by atoms with Gasteiger partial charge in [-0.05, 0) is 0 Å². The monoisotopic (exact) mass is 990 g/mol. The summed E-state index contributed by atoms with van der Waals surface area (Å²) in [5.41, 5.74) is 0. The predicted octanol–water partition coefficient (Wildman–Crippen LogP) is -14.1. The molecule has 6 aliphatic heterocycles. The molecule has 29 atom stereocenters. The molecule has 31 nitrogen and oxygen atoms in total. The third-order valence-electron chi connectivity index (χ3n) is 12.4. The molecule has 0 radical (unpaired) electrons. The molecule has 0 aromatic heterocycles. The van der Waals surface area contributed by atoms with Crippen molar-refractivity contribution in [3.05, 3.63) is 0 Å². The Morgan fingerprint density at radius 3 is 0.851 bits per heavy atom. The number of ether oxygens (including phenoxy) is 11. The van der Waals surface area contributed by atoms with E-state index in [1.54, 1.807) is 0 Å². The number of hydrogen-bond acceptors (Lipinski definition) is 31. The summed E-state index contributed by atoms with van der Waals surface area (Å²) in [7, 11) is 0. The van der Waals surface area contributed by atoms with Gasteiger partial charge in [0.05, 0.1) is 39.6 Å². The molecule has 67 heavy (non-hydrogen) atoms. The van der Waals surface area contributed by atoms with Crippen LogP contribution in [0.3, 0.4) is 0 Å². The standard InChI is InChI=1S/C36H62O31/c37-1-8-14(40)20(46)25(51)31(61-8)57-3-10-15(41)21(47)26(52)32(62-10)58-4-11-16(42)22(48)27(53)33(63-11)59-5-12-17(43)23(49)28(54)34(64-12)60-6-13-18(44)24(50)29(55)35(65-13)67-36(7-39)30(56)19(45)9(2-38)66-36/h8-35,37-56H,1-7H2/t8-,9+,10+,11-,12-,13-,14-,15-,16-,17-,18+,19+,20-,21-,22-,23-,24-,25+,26-,27+,28-,29+,30+,31-,32-,33-,34-,35+,36-/m0/s1. The first kappa shape index (κ1) is 55.1. The number of aliphatic hydroxyl groups excluding tert-OH is 20. The van der Waals surface area contributed by atoms with E-state index in [-0.39, 0.29) is 0 Å². The van der Waals surface area contributed by atoms with Crippen LogP contribution in [0.1, 0.15) is 0 Å². The lowest BCUT2D eigenvalue weighted by molar-refractivity contribution is -0.388. The summed E-state index contributed by atoms with van der Waals surface area (Å²) in [4.78, 5) is 0. The summed E-state index contributed by atoms with van der Waals surface area (Å²) in [5.74, 6) is -2.50. The summed E-state index contributed by atoms with van der Waals surface area (Å²) in [6.45, 7) is -5.90. The van der Waals surface area contributed by atoms with Gasteiger partial charge in [-0.1, -0.05) is 0 Å². The van der Waals surface area contributed by atoms with E-state index in [9.17, 15) is 102 Å². The van der Waals surface area contributed by atoms with Crippen molar-refractivity contribution >= 4 is 0 Å². The van der Waals surface area contributed by atoms with Gasteiger partial charge in [-0.2, -0.15) is 0 Å². The van der Waals surface area contributed by atoms with Crippen LogP contribution in [0.4, 0.5) is 0 Å². The summed E-state index contributed by atoms with van der Waals surface area (Å²) in [6, 6.07) is 0. The molecule has 0 bridgehead atoms. The lowest BCUT2D eigenvalue weighted by Crippen LogP contribution is -2.64. The molecule has 392 valence electrons. The zero-order chi connectivity index (χ0) is 49.4. The summed E-state index contributed by atoms with van der Waals surface area (Å²) in [6.07, 6.45) is -51.4. The van der Waals surface area contributed by atoms with Crippen molar-refractivity contribution in [1.29, 1.82) is 0 Å². The highest BCUT2D eigenvalue weighted by atomic mass is 16.8. The van der Waals surface area contributed by atoms with Crippen molar-refractivity contribution in [1.82, 2.24) is 0 Å². The van der Waals surface area contributed by atoms with Crippen LogP contribution >= 0.6 is 0 Å². The third kappa shape index (κ3) is 11.4. The highest BCUT2D eigenvalue weighted by Crippen LogP contribution is 2.37. The fourth-order valence-electron chi connectivity index (χ4n) is 8.16. The van der Waals surface area contributed by atoms with Gasteiger partial charge in [-0.3, -0.25) is 0 Å². The average molecular weight is 991 g/mol. The zero-order valence-corrected chi connectivity index (χ0v) is 35.1. The van der Waals surface area contributed by atoms with Crippen LogP contribution in [0.15, 0.2) is 0 Å². The molecule has 0 aromatic rings. The number of hydrogen-bond donors (Lipinski definition) is 20. The van der Waals surface area contributed by atoms with Crippen LogP contribution in [0.25, 0.3) is 0 Å². The molecule has 0 aliphatic carbocycles. The highest BCUT2D eigenvalue weighted by molar-refractivity contribution is 4.99. The van der Waals surface area contributed by atoms with E-state index in [0.717, 1.165) is 0 Å². The smallest absolute Gasteiger partial charge is 0.224 e. The van der Waals surface area contributed by atoms with Gasteiger partial charge >= 0.3 is 0 Å². The van der Waals surface area contributed by atoms with E-state index in [2.05, 4.69) is 0 Å². The average Bonchev–Trinajstić information content (AvgIpc) is 3.56. The Hall–Kier alpha value is -1.24. The summed E-state index contributed by atoms with van der Waals surface area (Å²) < 4.78 is 60.1. The van der Waals surface area contributed by atoms with Crippen LogP contribution in [0.5, 0.6) is 0 Å². The second kappa shape index (κ2) is 23.1. The maximum absolute atomic E-state index is 10.7. The van der Waals surface area contributed by atoms with Crippen LogP contribution in [0, 0.1) is 0 Å². The van der Waals surface area contributed by atoms with E-state index in [0.29, 0.717) is 0 Å². The van der Waals surface area contributed by atoms with Crippen molar-refractivity contribution < 1.29 is 154 Å². The molecule has 6 heterocycles.